The molecule has 0 fully saturated rings. The Kier molecular flexibility index (Phi) is 10.5. The van der Waals surface area contributed by atoms with E-state index >= 15 is 0 Å². The van der Waals surface area contributed by atoms with Crippen LogP contribution in [0.5, 0.6) is 5.75 Å². The number of carbonyl (C=O) groups excluding carboxylic acids is 3. The molecule has 0 radical (unpaired) electrons. The van der Waals surface area contributed by atoms with Crippen molar-refractivity contribution in [1.29, 1.82) is 0 Å². The zero-order chi connectivity index (χ0) is 26.0. The molecule has 13 nitrogen and oxygen atoms in total. The quantitative estimate of drug-likeness (QED) is 0.132. The van der Waals surface area contributed by atoms with Gasteiger partial charge in [-0.2, -0.15) is 12.6 Å². The summed E-state index contributed by atoms with van der Waals surface area (Å²) in [6.45, 7) is -0.635. The van der Waals surface area contributed by atoms with Crippen LogP contribution in [0.25, 0.3) is 0 Å². The normalized spacial score (nSPS) is 14.3. The number of hydrogen-bond acceptors (Lipinski definition) is 9. The fourth-order valence-corrected chi connectivity index (χ4v) is 3.25. The molecule has 35 heavy (non-hydrogen) atoms. The molecule has 4 unspecified atom stereocenters. The van der Waals surface area contributed by atoms with Crippen molar-refractivity contribution in [3.8, 4) is 5.75 Å². The first-order chi connectivity index (χ1) is 16.6. The minimum atomic E-state index is -1.31. The van der Waals surface area contributed by atoms with Crippen molar-refractivity contribution in [2.24, 2.45) is 5.73 Å². The zero-order valence-electron chi connectivity index (χ0n) is 18.5. The molecular formula is C21H28N6O7S. The third kappa shape index (κ3) is 8.59. The lowest BCUT2D eigenvalue weighted by atomic mass is 10.1. The van der Waals surface area contributed by atoms with Crippen LogP contribution in [-0.4, -0.2) is 85.5 Å². The molecule has 0 aliphatic heterocycles. The summed E-state index contributed by atoms with van der Waals surface area (Å²) in [7, 11) is 0. The number of nitrogens with one attached hydrogen (secondary N) is 4. The van der Waals surface area contributed by atoms with Gasteiger partial charge in [-0.25, -0.2) is 9.78 Å². The molecule has 0 spiro atoms. The molecule has 3 amide bonds. The van der Waals surface area contributed by atoms with E-state index < -0.39 is 54.5 Å². The number of imidazole rings is 1. The van der Waals surface area contributed by atoms with E-state index in [1.165, 1.54) is 36.8 Å². The van der Waals surface area contributed by atoms with Crippen molar-refractivity contribution >= 4 is 36.3 Å². The predicted octanol–water partition coefficient (Wildman–Crippen LogP) is -2.31. The molecule has 0 aliphatic rings. The van der Waals surface area contributed by atoms with Crippen LogP contribution < -0.4 is 21.7 Å². The molecule has 1 aromatic carbocycles. The van der Waals surface area contributed by atoms with Gasteiger partial charge in [0, 0.05) is 30.5 Å². The monoisotopic (exact) mass is 508 g/mol. The first-order valence-electron chi connectivity index (χ1n) is 10.5. The summed E-state index contributed by atoms with van der Waals surface area (Å²) in [4.78, 5) is 56.1. The van der Waals surface area contributed by atoms with Crippen LogP contribution in [0.4, 0.5) is 0 Å². The number of aliphatic hydroxyl groups is 1. The number of carboxylic acid groups (broad SMARTS) is 1. The van der Waals surface area contributed by atoms with Crippen molar-refractivity contribution in [1.82, 2.24) is 25.9 Å². The Labute approximate surface area is 205 Å². The van der Waals surface area contributed by atoms with Crippen molar-refractivity contribution in [3.05, 3.63) is 48.0 Å². The second-order valence-corrected chi connectivity index (χ2v) is 8.01. The average molecular weight is 509 g/mol. The largest absolute Gasteiger partial charge is 0.508 e. The van der Waals surface area contributed by atoms with Gasteiger partial charge in [0.2, 0.25) is 17.7 Å². The maximum atomic E-state index is 12.9. The number of carboxylic acids is 1. The highest BCUT2D eigenvalue weighted by Gasteiger charge is 2.30. The number of amides is 3. The van der Waals surface area contributed by atoms with E-state index in [-0.39, 0.29) is 24.3 Å². The molecule has 14 heteroatoms. The summed E-state index contributed by atoms with van der Waals surface area (Å²) in [5.74, 6) is -3.77. The van der Waals surface area contributed by atoms with E-state index in [9.17, 15) is 29.4 Å². The summed E-state index contributed by atoms with van der Waals surface area (Å²) >= 11 is 4.08. The number of H-pyrrole nitrogens is 1. The minimum Gasteiger partial charge on any atom is -0.508 e. The maximum absolute atomic E-state index is 12.9. The summed E-state index contributed by atoms with van der Waals surface area (Å²) in [6.07, 6.45) is 2.75. The molecule has 0 aliphatic carbocycles. The van der Waals surface area contributed by atoms with E-state index in [0.29, 0.717) is 11.3 Å². The molecule has 1 aromatic heterocycles. The highest BCUT2D eigenvalue weighted by Crippen LogP contribution is 2.12. The first-order valence-corrected chi connectivity index (χ1v) is 11.1. The molecule has 2 rings (SSSR count). The van der Waals surface area contributed by atoms with Gasteiger partial charge >= 0.3 is 5.97 Å². The third-order valence-electron chi connectivity index (χ3n) is 4.95. The van der Waals surface area contributed by atoms with Gasteiger partial charge in [-0.05, 0) is 17.7 Å². The fraction of sp³-hybridized carbons (Fsp3) is 0.381. The number of rotatable bonds is 13. The molecule has 190 valence electrons. The molecule has 9 N–H and O–H groups in total. The summed E-state index contributed by atoms with van der Waals surface area (Å²) in [5, 5.41) is 35.2. The lowest BCUT2D eigenvalue weighted by Gasteiger charge is -2.24. The second-order valence-electron chi connectivity index (χ2n) is 7.64. The predicted molar refractivity (Wildman–Crippen MR) is 126 cm³/mol. The molecular weight excluding hydrogens is 480 g/mol. The number of phenols is 1. The van der Waals surface area contributed by atoms with Crippen LogP contribution in [0.1, 0.15) is 11.3 Å². The highest BCUT2D eigenvalue weighted by molar-refractivity contribution is 7.80. The number of phenolic OH excluding ortho intramolecular Hbond substituents is 1. The Morgan fingerprint density at radius 1 is 0.971 bits per heavy atom. The highest BCUT2D eigenvalue weighted by atomic mass is 32.1. The lowest BCUT2D eigenvalue weighted by Crippen LogP contribution is -2.58. The number of aromatic hydroxyl groups is 1. The number of carbonyl (C=O) groups is 4. The van der Waals surface area contributed by atoms with Crippen molar-refractivity contribution in [3.63, 3.8) is 0 Å². The van der Waals surface area contributed by atoms with Gasteiger partial charge in [0.05, 0.1) is 12.9 Å². The third-order valence-corrected chi connectivity index (χ3v) is 5.32. The Bertz CT molecular complexity index is 1000. The average Bonchev–Trinajstić information content (AvgIpc) is 3.35. The molecule has 2 aromatic rings. The number of nitrogens with two attached hydrogens (primary N) is 1. The van der Waals surface area contributed by atoms with Crippen LogP contribution in [-0.2, 0) is 32.0 Å². The number of nitrogens with zero attached hydrogens (tertiary/aromatic N) is 1. The van der Waals surface area contributed by atoms with Gasteiger partial charge in [-0.15, -0.1) is 0 Å². The van der Waals surface area contributed by atoms with Crippen LogP contribution in [0, 0.1) is 0 Å². The summed E-state index contributed by atoms with van der Waals surface area (Å²) in [5.41, 5.74) is 6.58. The van der Waals surface area contributed by atoms with Crippen molar-refractivity contribution in [2.75, 3.05) is 12.4 Å². The number of aliphatic carboxylic acids is 1. The lowest BCUT2D eigenvalue weighted by molar-refractivity contribution is -0.142. The fourth-order valence-electron chi connectivity index (χ4n) is 2.99. The van der Waals surface area contributed by atoms with Crippen LogP contribution in [0.3, 0.4) is 0 Å². The molecule has 0 saturated carbocycles. The second kappa shape index (κ2) is 13.3. The van der Waals surface area contributed by atoms with E-state index in [4.69, 9.17) is 10.8 Å². The van der Waals surface area contributed by atoms with Crippen LogP contribution >= 0.6 is 12.6 Å². The number of hydrogen-bond donors (Lipinski definition) is 9. The van der Waals surface area contributed by atoms with Gasteiger partial charge < -0.3 is 42.0 Å². The standard InChI is InChI=1S/C21H28N6O7S/c22-14(8-28)18(30)25-15(6-12-7-23-10-24-12)19(31)27-17(9-35)20(32)26-16(21(33)34)5-11-1-3-13(29)4-2-11/h1-4,7,10,14-17,28-29,35H,5-6,8-9,22H2,(H,23,24)(H,25,30)(H,26,32)(H,27,31)(H,33,34). The zero-order valence-corrected chi connectivity index (χ0v) is 19.4. The SMILES string of the molecule is NC(CO)C(=O)NC(Cc1cnc[nH]1)C(=O)NC(CS)C(=O)NC(Cc1ccc(O)cc1)C(=O)O. The maximum Gasteiger partial charge on any atom is 0.326 e. The first kappa shape index (κ1) is 27.6. The topological polar surface area (TPSA) is 220 Å². The number of aliphatic hydroxyl groups excluding tert-OH is 1. The van der Waals surface area contributed by atoms with Gasteiger partial charge in [-0.1, -0.05) is 12.1 Å². The summed E-state index contributed by atoms with van der Waals surface area (Å²) in [6, 6.07) is 0.863. The number of benzene rings is 1. The molecule has 0 saturated heterocycles. The molecule has 0 bridgehead atoms. The van der Waals surface area contributed by atoms with Gasteiger partial charge in [0.15, 0.2) is 0 Å². The number of thiol groups is 1. The van der Waals surface area contributed by atoms with Crippen molar-refractivity contribution in [2.45, 2.75) is 37.0 Å². The minimum absolute atomic E-state index is 0.0132. The van der Waals surface area contributed by atoms with Crippen LogP contribution in [0.2, 0.25) is 0 Å². The Morgan fingerprint density at radius 3 is 2.11 bits per heavy atom. The molecule has 1 heterocycles. The van der Waals surface area contributed by atoms with E-state index in [1.807, 2.05) is 0 Å². The van der Waals surface area contributed by atoms with E-state index in [2.05, 4.69) is 38.5 Å². The number of aromatic amines is 1. The summed E-state index contributed by atoms with van der Waals surface area (Å²) < 4.78 is 0. The van der Waals surface area contributed by atoms with Gasteiger partial charge in [0.1, 0.15) is 29.9 Å². The Balaban J connectivity index is 2.09. The van der Waals surface area contributed by atoms with Crippen LogP contribution in [0.15, 0.2) is 36.8 Å². The van der Waals surface area contributed by atoms with E-state index in [0.717, 1.165) is 0 Å². The van der Waals surface area contributed by atoms with Gasteiger partial charge in [0.25, 0.3) is 0 Å². The van der Waals surface area contributed by atoms with Crippen molar-refractivity contribution < 1.29 is 34.5 Å². The Hall–Kier alpha value is -3.62. The van der Waals surface area contributed by atoms with Gasteiger partial charge in [-0.3, -0.25) is 14.4 Å². The number of aromatic nitrogens is 2. The Morgan fingerprint density at radius 2 is 1.57 bits per heavy atom. The smallest absolute Gasteiger partial charge is 0.326 e. The van der Waals surface area contributed by atoms with E-state index in [1.54, 1.807) is 0 Å². The molecule has 4 atom stereocenters.